The number of aliphatic imine (C=N–C) groups is 1. The van der Waals surface area contributed by atoms with Gasteiger partial charge < -0.3 is 14.7 Å². The predicted octanol–water partition coefficient (Wildman–Crippen LogP) is 1.41. The van der Waals surface area contributed by atoms with Crippen LogP contribution in [0.25, 0.3) is 0 Å². The first kappa shape index (κ1) is 21.6. The number of nitrogens with zero attached hydrogens (tertiary/aromatic N) is 2. The lowest BCUT2D eigenvalue weighted by molar-refractivity contribution is -0.143. The van der Waals surface area contributed by atoms with Gasteiger partial charge in [0.05, 0.1) is 28.8 Å². The van der Waals surface area contributed by atoms with Crippen LogP contribution in [0.1, 0.15) is 5.56 Å². The van der Waals surface area contributed by atoms with Gasteiger partial charge in [0.1, 0.15) is 13.2 Å². The summed E-state index contributed by atoms with van der Waals surface area (Å²) in [5, 5.41) is 7.87. The highest BCUT2D eigenvalue weighted by molar-refractivity contribution is 8.16. The zero-order valence-electron chi connectivity index (χ0n) is 14.6. The number of benzene rings is 1. The van der Waals surface area contributed by atoms with Gasteiger partial charge in [0.25, 0.3) is 5.91 Å². The number of amidine groups is 1. The van der Waals surface area contributed by atoms with E-state index in [0.29, 0.717) is 0 Å². The summed E-state index contributed by atoms with van der Waals surface area (Å²) < 4.78 is 69.1. The van der Waals surface area contributed by atoms with Crippen LogP contribution in [0.4, 0.5) is 18.9 Å². The van der Waals surface area contributed by atoms with Gasteiger partial charge in [-0.25, -0.2) is 13.2 Å². The Morgan fingerprint density at radius 1 is 1.24 bits per heavy atom. The number of aliphatic carboxylic acids is 1. The summed E-state index contributed by atoms with van der Waals surface area (Å²) in [5.74, 6) is -2.78. The summed E-state index contributed by atoms with van der Waals surface area (Å²) >= 11 is 0.911. The van der Waals surface area contributed by atoms with Crippen LogP contribution in [0.5, 0.6) is 0 Å². The number of carbonyl (C=O) groups is 2. The Morgan fingerprint density at radius 3 is 2.59 bits per heavy atom. The maximum atomic E-state index is 13.5. The van der Waals surface area contributed by atoms with E-state index in [9.17, 15) is 31.2 Å². The van der Waals surface area contributed by atoms with Gasteiger partial charge in [0, 0.05) is 5.25 Å². The quantitative estimate of drug-likeness (QED) is 0.714. The number of sulfone groups is 1. The fourth-order valence-electron chi connectivity index (χ4n) is 3.13. The number of carbonyl (C=O) groups excluding carboxylic acids is 1. The molecule has 0 radical (unpaired) electrons. The Kier molecular flexibility index (Phi) is 5.92. The molecular formula is C16H15F3N2O6S2. The molecule has 8 nitrogen and oxygen atoms in total. The van der Waals surface area contributed by atoms with Crippen molar-refractivity contribution < 1.29 is 41.0 Å². The largest absolute Gasteiger partial charge is 0.480 e. The van der Waals surface area contributed by atoms with Gasteiger partial charge >= 0.3 is 12.1 Å². The molecule has 0 bridgehead atoms. The van der Waals surface area contributed by atoms with E-state index in [1.165, 1.54) is 18.2 Å². The van der Waals surface area contributed by atoms with Crippen molar-refractivity contribution in [3.8, 4) is 0 Å². The van der Waals surface area contributed by atoms with Crippen molar-refractivity contribution in [1.82, 2.24) is 0 Å². The molecule has 1 amide bonds. The Bertz CT molecular complexity index is 964. The van der Waals surface area contributed by atoms with Crippen molar-refractivity contribution in [3.63, 3.8) is 0 Å². The van der Waals surface area contributed by atoms with E-state index in [1.807, 2.05) is 0 Å². The molecule has 1 N–H and O–H groups in total. The highest BCUT2D eigenvalue weighted by Gasteiger charge is 2.51. The molecule has 2 aliphatic rings. The van der Waals surface area contributed by atoms with E-state index < -0.39 is 58.0 Å². The van der Waals surface area contributed by atoms with E-state index in [0.717, 1.165) is 22.7 Å². The van der Waals surface area contributed by atoms with Gasteiger partial charge in [-0.05, 0) is 12.1 Å². The Balaban J connectivity index is 1.97. The third-order valence-corrected chi connectivity index (χ3v) is 7.42. The van der Waals surface area contributed by atoms with Gasteiger partial charge in [-0.3, -0.25) is 4.79 Å². The van der Waals surface area contributed by atoms with Crippen LogP contribution in [0.2, 0.25) is 0 Å². The molecule has 2 heterocycles. The van der Waals surface area contributed by atoms with Crippen LogP contribution >= 0.6 is 11.8 Å². The molecule has 0 saturated carbocycles. The molecule has 1 aromatic carbocycles. The summed E-state index contributed by atoms with van der Waals surface area (Å²) in [6, 6.07) is 3.84. The van der Waals surface area contributed by atoms with Gasteiger partial charge in [-0.15, -0.1) is 0 Å². The number of amides is 1. The molecular weight excluding hydrogens is 437 g/mol. The highest BCUT2D eigenvalue weighted by Crippen LogP contribution is 2.45. The van der Waals surface area contributed by atoms with Crippen LogP contribution in [0, 0.1) is 0 Å². The van der Waals surface area contributed by atoms with Crippen LogP contribution in [0.15, 0.2) is 29.3 Å². The van der Waals surface area contributed by atoms with Crippen molar-refractivity contribution >= 4 is 44.3 Å². The maximum Gasteiger partial charge on any atom is 0.418 e. The van der Waals surface area contributed by atoms with Crippen molar-refractivity contribution in [2.24, 2.45) is 4.99 Å². The molecule has 2 saturated heterocycles. The molecule has 2 fully saturated rings. The van der Waals surface area contributed by atoms with Crippen molar-refractivity contribution in [1.29, 1.82) is 0 Å². The monoisotopic (exact) mass is 452 g/mol. The zero-order valence-corrected chi connectivity index (χ0v) is 16.3. The second-order valence-electron chi connectivity index (χ2n) is 6.36. The second kappa shape index (κ2) is 7.95. The number of rotatable bonds is 5. The summed E-state index contributed by atoms with van der Waals surface area (Å²) in [7, 11) is -3.44. The SMILES string of the molecule is O=C(O)COCC(=O)N=C1S[C@@H]2CS(=O)(=O)C[C@H]2N1c1ccccc1C(F)(F)F. The minimum absolute atomic E-state index is 0.0736. The van der Waals surface area contributed by atoms with Gasteiger partial charge in [0.15, 0.2) is 15.0 Å². The number of carboxylic acid groups (broad SMARTS) is 1. The summed E-state index contributed by atoms with van der Waals surface area (Å²) in [4.78, 5) is 27.3. The lowest BCUT2D eigenvalue weighted by atomic mass is 10.1. The summed E-state index contributed by atoms with van der Waals surface area (Å²) in [6.45, 7) is -1.40. The van der Waals surface area contributed by atoms with E-state index in [1.54, 1.807) is 0 Å². The molecule has 0 aliphatic carbocycles. The van der Waals surface area contributed by atoms with Gasteiger partial charge in [-0.2, -0.15) is 18.2 Å². The zero-order chi connectivity index (χ0) is 21.4. The fourth-order valence-corrected chi connectivity index (χ4v) is 7.06. The number of halogens is 3. The Morgan fingerprint density at radius 2 is 1.93 bits per heavy atom. The Hall–Kier alpha value is -2.12. The number of alkyl halides is 3. The van der Waals surface area contributed by atoms with Crippen LogP contribution in [0.3, 0.4) is 0 Å². The molecule has 158 valence electrons. The normalized spacial score (nSPS) is 24.7. The number of fused-ring (bicyclic) bond motifs is 1. The smallest absolute Gasteiger partial charge is 0.418 e. The van der Waals surface area contributed by atoms with E-state index in [-0.39, 0.29) is 22.4 Å². The molecule has 0 unspecified atom stereocenters. The maximum absolute atomic E-state index is 13.5. The average molecular weight is 452 g/mol. The van der Waals surface area contributed by atoms with Gasteiger partial charge in [0.2, 0.25) is 0 Å². The molecule has 1 aromatic rings. The predicted molar refractivity (Wildman–Crippen MR) is 98.6 cm³/mol. The number of carboxylic acids is 1. The molecule has 0 spiro atoms. The minimum Gasteiger partial charge on any atom is -0.480 e. The molecule has 13 heteroatoms. The number of thioether (sulfide) groups is 1. The first-order chi connectivity index (χ1) is 13.5. The second-order valence-corrected chi connectivity index (χ2v) is 9.72. The topological polar surface area (TPSA) is 113 Å². The lowest BCUT2D eigenvalue weighted by Crippen LogP contribution is -2.39. The number of para-hydroxylation sites is 1. The van der Waals surface area contributed by atoms with E-state index in [2.05, 4.69) is 9.73 Å². The fraction of sp³-hybridized carbons (Fsp3) is 0.438. The van der Waals surface area contributed by atoms with Crippen LogP contribution < -0.4 is 4.90 Å². The molecule has 0 aromatic heterocycles. The van der Waals surface area contributed by atoms with Crippen molar-refractivity contribution in [3.05, 3.63) is 29.8 Å². The molecule has 2 aliphatic heterocycles. The molecule has 29 heavy (non-hydrogen) atoms. The van der Waals surface area contributed by atoms with E-state index >= 15 is 0 Å². The standard InChI is InChI=1S/C16H15F3N2O6S2/c17-16(18,19)9-3-1-2-4-10(9)21-11-7-29(25,26)8-12(11)28-15(21)20-13(22)5-27-6-14(23)24/h1-4,11-12H,5-8H2,(H,23,24)/t11-,12-/m1/s1. The number of anilines is 1. The summed E-state index contributed by atoms with van der Waals surface area (Å²) in [5.41, 5.74) is -1.28. The molecule has 2 atom stereocenters. The van der Waals surface area contributed by atoms with E-state index in [4.69, 9.17) is 5.11 Å². The van der Waals surface area contributed by atoms with Crippen molar-refractivity contribution in [2.75, 3.05) is 29.6 Å². The van der Waals surface area contributed by atoms with Crippen LogP contribution in [-0.2, 0) is 30.3 Å². The first-order valence-corrected chi connectivity index (χ1v) is 10.9. The third kappa shape index (κ3) is 4.90. The molecule has 3 rings (SSSR count). The van der Waals surface area contributed by atoms with Crippen molar-refractivity contribution in [2.45, 2.75) is 17.5 Å². The van der Waals surface area contributed by atoms with Crippen LogP contribution in [-0.4, -0.2) is 66.6 Å². The minimum atomic E-state index is -4.70. The number of hydrogen-bond acceptors (Lipinski definition) is 6. The van der Waals surface area contributed by atoms with Gasteiger partial charge in [-0.1, -0.05) is 23.9 Å². The summed E-state index contributed by atoms with van der Waals surface area (Å²) in [6.07, 6.45) is -4.70. The highest BCUT2D eigenvalue weighted by atomic mass is 32.2. The third-order valence-electron chi connectivity index (χ3n) is 4.21. The lowest BCUT2D eigenvalue weighted by Gasteiger charge is -2.27. The number of ether oxygens (including phenoxy) is 1. The first-order valence-electron chi connectivity index (χ1n) is 8.21. The average Bonchev–Trinajstić information content (AvgIpc) is 3.04. The number of hydrogen-bond donors (Lipinski definition) is 1. The Labute approximate surface area is 167 Å².